The Hall–Kier alpha value is -0.640. The lowest BCUT2D eigenvalue weighted by molar-refractivity contribution is 0.941. The minimum atomic E-state index is -0.0562. The SMILES string of the molecule is C=C[C@@H](N)c1cc2c(Br)cccc2s1. The van der Waals surface area contributed by atoms with Crippen LogP contribution in [-0.2, 0) is 0 Å². The molecule has 0 saturated heterocycles. The second-order valence-electron chi connectivity index (χ2n) is 3.06. The van der Waals surface area contributed by atoms with Gasteiger partial charge in [-0.3, -0.25) is 0 Å². The molecule has 1 aromatic heterocycles. The third-order valence-corrected chi connectivity index (χ3v) is 4.00. The molecule has 0 aliphatic rings. The number of rotatable bonds is 2. The lowest BCUT2D eigenvalue weighted by Gasteiger charge is -1.99. The number of fused-ring (bicyclic) bond motifs is 1. The summed E-state index contributed by atoms with van der Waals surface area (Å²) in [4.78, 5) is 1.15. The molecule has 1 atom stereocenters. The fourth-order valence-corrected chi connectivity index (χ4v) is 3.03. The molecule has 0 amide bonds. The van der Waals surface area contributed by atoms with E-state index in [1.165, 1.54) is 10.1 Å². The summed E-state index contributed by atoms with van der Waals surface area (Å²) in [5, 5.41) is 1.23. The van der Waals surface area contributed by atoms with Gasteiger partial charge in [0.05, 0.1) is 6.04 Å². The minimum absolute atomic E-state index is 0.0562. The summed E-state index contributed by atoms with van der Waals surface area (Å²) in [7, 11) is 0. The van der Waals surface area contributed by atoms with E-state index >= 15 is 0 Å². The minimum Gasteiger partial charge on any atom is -0.320 e. The van der Waals surface area contributed by atoms with Crippen molar-refractivity contribution in [1.29, 1.82) is 0 Å². The Labute approximate surface area is 95.4 Å². The molecule has 2 N–H and O–H groups in total. The van der Waals surface area contributed by atoms with Crippen molar-refractivity contribution in [3.05, 3.63) is 46.3 Å². The summed E-state index contributed by atoms with van der Waals surface area (Å²) in [6.45, 7) is 3.70. The van der Waals surface area contributed by atoms with Crippen LogP contribution in [0.2, 0.25) is 0 Å². The average Bonchev–Trinajstić information content (AvgIpc) is 2.62. The Balaban J connectivity index is 2.62. The van der Waals surface area contributed by atoms with Gasteiger partial charge in [0.1, 0.15) is 0 Å². The summed E-state index contributed by atoms with van der Waals surface area (Å²) in [5.41, 5.74) is 5.89. The topological polar surface area (TPSA) is 26.0 Å². The van der Waals surface area contributed by atoms with Crippen LogP contribution in [0.3, 0.4) is 0 Å². The maximum Gasteiger partial charge on any atom is 0.0573 e. The van der Waals surface area contributed by atoms with E-state index in [4.69, 9.17) is 5.73 Å². The van der Waals surface area contributed by atoms with Gasteiger partial charge < -0.3 is 5.73 Å². The van der Waals surface area contributed by atoms with Gasteiger partial charge >= 0.3 is 0 Å². The summed E-state index contributed by atoms with van der Waals surface area (Å²) in [5.74, 6) is 0. The van der Waals surface area contributed by atoms with E-state index in [0.717, 1.165) is 9.35 Å². The van der Waals surface area contributed by atoms with Crippen LogP contribution in [0.15, 0.2) is 41.4 Å². The number of thiophene rings is 1. The fourth-order valence-electron chi connectivity index (χ4n) is 1.33. The van der Waals surface area contributed by atoms with Crippen molar-refractivity contribution in [2.24, 2.45) is 5.73 Å². The molecule has 14 heavy (non-hydrogen) atoms. The quantitative estimate of drug-likeness (QED) is 0.822. The average molecular weight is 268 g/mol. The van der Waals surface area contributed by atoms with Crippen LogP contribution < -0.4 is 5.73 Å². The summed E-state index contributed by atoms with van der Waals surface area (Å²) in [6.07, 6.45) is 1.76. The van der Waals surface area contributed by atoms with E-state index in [1.807, 2.05) is 12.1 Å². The van der Waals surface area contributed by atoms with Crippen LogP contribution in [0.1, 0.15) is 10.9 Å². The molecule has 3 heteroatoms. The lowest BCUT2D eigenvalue weighted by atomic mass is 10.2. The molecule has 1 nitrogen and oxygen atoms in total. The first-order valence-corrected chi connectivity index (χ1v) is 5.89. The van der Waals surface area contributed by atoms with Gasteiger partial charge in [-0.15, -0.1) is 17.9 Å². The molecule has 0 unspecified atom stereocenters. The largest absolute Gasteiger partial charge is 0.320 e. The zero-order valence-electron chi connectivity index (χ0n) is 7.53. The van der Waals surface area contributed by atoms with Crippen molar-refractivity contribution in [2.75, 3.05) is 0 Å². The van der Waals surface area contributed by atoms with Crippen molar-refractivity contribution in [1.82, 2.24) is 0 Å². The number of hydrogen-bond donors (Lipinski definition) is 1. The molecule has 0 aliphatic carbocycles. The highest BCUT2D eigenvalue weighted by atomic mass is 79.9. The highest BCUT2D eigenvalue weighted by molar-refractivity contribution is 9.10. The second kappa shape index (κ2) is 3.85. The monoisotopic (exact) mass is 267 g/mol. The second-order valence-corrected chi connectivity index (χ2v) is 5.03. The normalized spacial score (nSPS) is 13.0. The molecule has 0 fully saturated rings. The van der Waals surface area contributed by atoms with Crippen LogP contribution in [-0.4, -0.2) is 0 Å². The fraction of sp³-hybridized carbons (Fsp3) is 0.0909. The van der Waals surface area contributed by atoms with Crippen LogP contribution in [0, 0.1) is 0 Å². The highest BCUT2D eigenvalue weighted by Crippen LogP contribution is 2.33. The Morgan fingerprint density at radius 1 is 1.50 bits per heavy atom. The third-order valence-electron chi connectivity index (χ3n) is 2.11. The van der Waals surface area contributed by atoms with Crippen LogP contribution in [0.25, 0.3) is 10.1 Å². The van der Waals surface area contributed by atoms with E-state index in [2.05, 4.69) is 34.6 Å². The maximum absolute atomic E-state index is 5.89. The zero-order chi connectivity index (χ0) is 10.1. The number of hydrogen-bond acceptors (Lipinski definition) is 2. The van der Waals surface area contributed by atoms with E-state index in [1.54, 1.807) is 17.4 Å². The van der Waals surface area contributed by atoms with Crippen molar-refractivity contribution in [2.45, 2.75) is 6.04 Å². The predicted octanol–water partition coefficient (Wildman–Crippen LogP) is 3.85. The predicted molar refractivity (Wildman–Crippen MR) is 66.7 cm³/mol. The van der Waals surface area contributed by atoms with Crippen molar-refractivity contribution >= 4 is 37.4 Å². The zero-order valence-corrected chi connectivity index (χ0v) is 9.94. The molecule has 72 valence electrons. The lowest BCUT2D eigenvalue weighted by Crippen LogP contribution is -2.03. The van der Waals surface area contributed by atoms with Crippen molar-refractivity contribution in [3.63, 3.8) is 0 Å². The van der Waals surface area contributed by atoms with Gasteiger partial charge in [-0.05, 0) is 18.2 Å². The number of benzene rings is 1. The first kappa shape index (κ1) is 9.90. The van der Waals surface area contributed by atoms with Gasteiger partial charge in [-0.25, -0.2) is 0 Å². The Morgan fingerprint density at radius 3 is 2.93 bits per heavy atom. The molecule has 1 aromatic carbocycles. The van der Waals surface area contributed by atoms with Gasteiger partial charge in [-0.1, -0.05) is 28.1 Å². The molecule has 0 radical (unpaired) electrons. The van der Waals surface area contributed by atoms with E-state index < -0.39 is 0 Å². The number of nitrogens with two attached hydrogens (primary N) is 1. The van der Waals surface area contributed by atoms with Crippen molar-refractivity contribution in [3.8, 4) is 0 Å². The molecule has 2 rings (SSSR count). The van der Waals surface area contributed by atoms with Gasteiger partial charge in [0.25, 0.3) is 0 Å². The third kappa shape index (κ3) is 1.63. The van der Waals surface area contributed by atoms with Gasteiger partial charge in [0.15, 0.2) is 0 Å². The summed E-state index contributed by atoms with van der Waals surface area (Å²) in [6, 6.07) is 8.24. The Kier molecular flexibility index (Phi) is 2.72. The molecular weight excluding hydrogens is 258 g/mol. The van der Waals surface area contributed by atoms with Gasteiger partial charge in [-0.2, -0.15) is 0 Å². The molecule has 0 aliphatic heterocycles. The van der Waals surface area contributed by atoms with E-state index in [-0.39, 0.29) is 6.04 Å². The van der Waals surface area contributed by atoms with Gasteiger partial charge in [0.2, 0.25) is 0 Å². The van der Waals surface area contributed by atoms with Crippen LogP contribution in [0.4, 0.5) is 0 Å². The molecular formula is C11H10BrNS. The van der Waals surface area contributed by atoms with Crippen molar-refractivity contribution < 1.29 is 0 Å². The Bertz CT molecular complexity index is 475. The molecule has 2 aromatic rings. The van der Waals surface area contributed by atoms with Crippen LogP contribution in [0.5, 0.6) is 0 Å². The van der Waals surface area contributed by atoms with Gasteiger partial charge in [0, 0.05) is 19.4 Å². The first-order valence-electron chi connectivity index (χ1n) is 4.28. The summed E-state index contributed by atoms with van der Waals surface area (Å²) >= 11 is 5.24. The molecule has 1 heterocycles. The number of halogens is 1. The standard InChI is InChI=1S/C11H10BrNS/c1-2-9(13)11-6-7-8(12)4-3-5-10(7)14-11/h2-6,9H,1,13H2/t9-/m1/s1. The smallest absolute Gasteiger partial charge is 0.0573 e. The first-order chi connectivity index (χ1) is 6.72. The summed E-state index contributed by atoms with van der Waals surface area (Å²) < 4.78 is 2.38. The molecule has 0 bridgehead atoms. The Morgan fingerprint density at radius 2 is 2.29 bits per heavy atom. The van der Waals surface area contributed by atoms with E-state index in [0.29, 0.717) is 0 Å². The van der Waals surface area contributed by atoms with Crippen LogP contribution >= 0.6 is 27.3 Å². The molecule has 0 spiro atoms. The molecule has 0 saturated carbocycles. The van der Waals surface area contributed by atoms with E-state index in [9.17, 15) is 0 Å². The maximum atomic E-state index is 5.89. The highest BCUT2D eigenvalue weighted by Gasteiger charge is 2.08.